The summed E-state index contributed by atoms with van der Waals surface area (Å²) >= 11 is 0. The van der Waals surface area contributed by atoms with Gasteiger partial charge >= 0.3 is 0 Å². The Labute approximate surface area is 154 Å². The maximum atomic E-state index is 12.4. The van der Waals surface area contributed by atoms with Gasteiger partial charge in [0.15, 0.2) is 9.84 Å². The van der Waals surface area contributed by atoms with Gasteiger partial charge < -0.3 is 4.90 Å². The van der Waals surface area contributed by atoms with Crippen LogP contribution in [-0.4, -0.2) is 53.3 Å². The van der Waals surface area contributed by atoms with Crippen molar-refractivity contribution >= 4 is 15.7 Å². The van der Waals surface area contributed by atoms with Crippen molar-refractivity contribution < 1.29 is 13.2 Å². The molecule has 140 valence electrons. The average molecular weight is 376 g/mol. The van der Waals surface area contributed by atoms with E-state index in [1.165, 1.54) is 6.26 Å². The Hall–Kier alpha value is -2.22. The first-order valence-electron chi connectivity index (χ1n) is 8.77. The Balaban J connectivity index is 1.59. The fourth-order valence-electron chi connectivity index (χ4n) is 3.42. The number of rotatable bonds is 5. The van der Waals surface area contributed by atoms with Crippen LogP contribution in [0.5, 0.6) is 0 Å². The van der Waals surface area contributed by atoms with E-state index in [4.69, 9.17) is 0 Å². The lowest BCUT2D eigenvalue weighted by atomic mass is 9.93. The van der Waals surface area contributed by atoms with Gasteiger partial charge in [0, 0.05) is 56.3 Å². The van der Waals surface area contributed by atoms with Crippen molar-refractivity contribution in [3.8, 4) is 0 Å². The molecule has 1 aliphatic rings. The van der Waals surface area contributed by atoms with Crippen molar-refractivity contribution in [2.24, 2.45) is 0 Å². The first-order valence-corrected chi connectivity index (χ1v) is 10.7. The van der Waals surface area contributed by atoms with Crippen molar-refractivity contribution in [3.63, 3.8) is 0 Å². The van der Waals surface area contributed by atoms with Crippen molar-refractivity contribution in [1.29, 1.82) is 0 Å². The first kappa shape index (κ1) is 18.6. The highest BCUT2D eigenvalue weighted by Gasteiger charge is 2.28. The molecule has 7 nitrogen and oxygen atoms in total. The molecule has 26 heavy (non-hydrogen) atoms. The molecule has 0 radical (unpaired) electrons. The third kappa shape index (κ3) is 4.12. The van der Waals surface area contributed by atoms with E-state index in [0.29, 0.717) is 36.6 Å². The number of pyridine rings is 1. The standard InChI is InChI=1S/C18H24N4O3S/c1-14-5-10-20-22(14)13-8-17(23)21-11-6-15(7-12-21)18-16(26(2,24)25)4-3-9-19-18/h3-5,9-10,15H,6-8,11-13H2,1-2H3. The van der Waals surface area contributed by atoms with Crippen molar-refractivity contribution in [1.82, 2.24) is 19.7 Å². The third-order valence-corrected chi connectivity index (χ3v) is 6.04. The molecule has 0 spiro atoms. The highest BCUT2D eigenvalue weighted by atomic mass is 32.2. The molecule has 0 aliphatic carbocycles. The van der Waals surface area contributed by atoms with Crippen LogP contribution in [-0.2, 0) is 21.2 Å². The number of sulfone groups is 1. The van der Waals surface area contributed by atoms with Crippen molar-refractivity contribution in [3.05, 3.63) is 42.0 Å². The molecule has 1 aliphatic heterocycles. The van der Waals surface area contributed by atoms with Gasteiger partial charge in [0.05, 0.1) is 10.6 Å². The van der Waals surface area contributed by atoms with E-state index in [1.807, 2.05) is 22.6 Å². The Morgan fingerprint density at radius 2 is 1.96 bits per heavy atom. The van der Waals surface area contributed by atoms with Crippen LogP contribution in [0, 0.1) is 6.92 Å². The molecule has 3 rings (SSSR count). The fraction of sp³-hybridized carbons (Fsp3) is 0.500. The number of nitrogens with zero attached hydrogens (tertiary/aromatic N) is 4. The molecule has 3 heterocycles. The summed E-state index contributed by atoms with van der Waals surface area (Å²) in [4.78, 5) is 18.9. The first-order chi connectivity index (χ1) is 12.4. The van der Waals surface area contributed by atoms with E-state index in [2.05, 4.69) is 10.1 Å². The Morgan fingerprint density at radius 1 is 1.23 bits per heavy atom. The molecule has 2 aromatic rings. The van der Waals surface area contributed by atoms with Crippen LogP contribution >= 0.6 is 0 Å². The zero-order valence-electron chi connectivity index (χ0n) is 15.1. The quantitative estimate of drug-likeness (QED) is 0.794. The number of hydrogen-bond donors (Lipinski definition) is 0. The van der Waals surface area contributed by atoms with Crippen LogP contribution < -0.4 is 0 Å². The summed E-state index contributed by atoms with van der Waals surface area (Å²) < 4.78 is 25.8. The number of carbonyl (C=O) groups is 1. The normalized spacial score (nSPS) is 16.0. The number of hydrogen-bond acceptors (Lipinski definition) is 5. The zero-order valence-corrected chi connectivity index (χ0v) is 15.9. The molecule has 0 aromatic carbocycles. The molecule has 8 heteroatoms. The van der Waals surface area contributed by atoms with E-state index in [9.17, 15) is 13.2 Å². The lowest BCUT2D eigenvalue weighted by Gasteiger charge is -2.32. The van der Waals surface area contributed by atoms with Gasteiger partial charge in [-0.15, -0.1) is 0 Å². The van der Waals surface area contributed by atoms with Gasteiger partial charge in [-0.3, -0.25) is 14.5 Å². The molecule has 0 unspecified atom stereocenters. The van der Waals surface area contributed by atoms with Gasteiger partial charge in [-0.2, -0.15) is 5.10 Å². The number of aryl methyl sites for hydroxylation is 2. The van der Waals surface area contributed by atoms with E-state index >= 15 is 0 Å². The summed E-state index contributed by atoms with van der Waals surface area (Å²) in [6.45, 7) is 3.80. The number of aromatic nitrogens is 3. The number of amides is 1. The van der Waals surface area contributed by atoms with E-state index in [-0.39, 0.29) is 11.8 Å². The summed E-state index contributed by atoms with van der Waals surface area (Å²) in [6.07, 6.45) is 6.46. The van der Waals surface area contributed by atoms with Crippen LogP contribution in [0.3, 0.4) is 0 Å². The lowest BCUT2D eigenvalue weighted by Crippen LogP contribution is -2.38. The predicted octanol–water partition coefficient (Wildman–Crippen LogP) is 1.79. The number of carbonyl (C=O) groups excluding carboxylic acids is 1. The van der Waals surface area contributed by atoms with Crippen LogP contribution in [0.25, 0.3) is 0 Å². The topological polar surface area (TPSA) is 85.2 Å². The minimum atomic E-state index is -3.30. The Kier molecular flexibility index (Phi) is 5.41. The summed E-state index contributed by atoms with van der Waals surface area (Å²) in [7, 11) is -3.30. The summed E-state index contributed by atoms with van der Waals surface area (Å²) in [5, 5.41) is 4.20. The van der Waals surface area contributed by atoms with Crippen LogP contribution in [0.15, 0.2) is 35.5 Å². The largest absolute Gasteiger partial charge is 0.343 e. The highest BCUT2D eigenvalue weighted by Crippen LogP contribution is 2.31. The van der Waals surface area contributed by atoms with Gasteiger partial charge in [0.1, 0.15) is 0 Å². The molecule has 1 fully saturated rings. The summed E-state index contributed by atoms with van der Waals surface area (Å²) in [5.74, 6) is 0.182. The smallest absolute Gasteiger partial charge is 0.224 e. The molecule has 2 aromatic heterocycles. The molecular formula is C18H24N4O3S. The number of likely N-dealkylation sites (tertiary alicyclic amines) is 1. The molecule has 0 atom stereocenters. The minimum Gasteiger partial charge on any atom is -0.343 e. The second kappa shape index (κ2) is 7.57. The molecule has 0 saturated carbocycles. The van der Waals surface area contributed by atoms with Gasteiger partial charge in [-0.25, -0.2) is 8.42 Å². The maximum absolute atomic E-state index is 12.4. The maximum Gasteiger partial charge on any atom is 0.224 e. The molecule has 1 saturated heterocycles. The van der Waals surface area contributed by atoms with Crippen molar-refractivity contribution in [2.75, 3.05) is 19.3 Å². The Bertz CT molecular complexity index is 883. The van der Waals surface area contributed by atoms with E-state index < -0.39 is 9.84 Å². The Morgan fingerprint density at radius 3 is 2.58 bits per heavy atom. The highest BCUT2D eigenvalue weighted by molar-refractivity contribution is 7.90. The molecular weight excluding hydrogens is 352 g/mol. The van der Waals surface area contributed by atoms with Gasteiger partial charge in [0.2, 0.25) is 5.91 Å². The van der Waals surface area contributed by atoms with Crippen LogP contribution in [0.2, 0.25) is 0 Å². The summed E-state index contributed by atoms with van der Waals surface area (Å²) in [5.41, 5.74) is 1.68. The molecule has 1 amide bonds. The van der Waals surface area contributed by atoms with Gasteiger partial charge in [-0.1, -0.05) is 0 Å². The van der Waals surface area contributed by atoms with Gasteiger partial charge in [-0.05, 0) is 38.0 Å². The SMILES string of the molecule is Cc1ccnn1CCC(=O)N1CCC(c2ncccc2S(C)(=O)=O)CC1. The molecule has 0 bridgehead atoms. The molecule has 0 N–H and O–H groups in total. The second-order valence-electron chi connectivity index (χ2n) is 6.76. The number of piperidine rings is 1. The average Bonchev–Trinajstić information content (AvgIpc) is 3.04. The van der Waals surface area contributed by atoms with E-state index in [1.54, 1.807) is 24.5 Å². The third-order valence-electron chi connectivity index (χ3n) is 4.90. The fourth-order valence-corrected chi connectivity index (χ4v) is 4.34. The zero-order chi connectivity index (χ0) is 18.7. The van der Waals surface area contributed by atoms with E-state index in [0.717, 1.165) is 18.5 Å². The van der Waals surface area contributed by atoms with Crippen molar-refractivity contribution in [2.45, 2.75) is 43.5 Å². The summed E-state index contributed by atoms with van der Waals surface area (Å²) in [6, 6.07) is 5.18. The lowest BCUT2D eigenvalue weighted by molar-refractivity contribution is -0.132. The van der Waals surface area contributed by atoms with Gasteiger partial charge in [0.25, 0.3) is 0 Å². The second-order valence-corrected chi connectivity index (χ2v) is 8.74. The van der Waals surface area contributed by atoms with Crippen LogP contribution in [0.1, 0.15) is 36.6 Å². The predicted molar refractivity (Wildman–Crippen MR) is 97.5 cm³/mol. The minimum absolute atomic E-state index is 0.0679. The van der Waals surface area contributed by atoms with Crippen LogP contribution in [0.4, 0.5) is 0 Å². The monoisotopic (exact) mass is 376 g/mol.